The third-order valence-corrected chi connectivity index (χ3v) is 5.41. The molecule has 0 aliphatic carbocycles. The highest BCUT2D eigenvalue weighted by Gasteiger charge is 2.16. The lowest BCUT2D eigenvalue weighted by molar-refractivity contribution is 0.467. The quantitative estimate of drug-likeness (QED) is 0.375. The molecule has 26 heavy (non-hydrogen) atoms. The molecule has 2 aromatic carbocycles. The normalized spacial score (nSPS) is 12.7. The van der Waals surface area contributed by atoms with Crippen molar-refractivity contribution in [2.45, 2.75) is 37.2 Å². The van der Waals surface area contributed by atoms with Crippen LogP contribution in [0.3, 0.4) is 0 Å². The van der Waals surface area contributed by atoms with Gasteiger partial charge in [0.25, 0.3) is 5.56 Å². The fourth-order valence-electron chi connectivity index (χ4n) is 2.91. The fourth-order valence-corrected chi connectivity index (χ4v) is 3.85. The van der Waals surface area contributed by atoms with Crippen molar-refractivity contribution in [1.82, 2.24) is 14.5 Å². The van der Waals surface area contributed by atoms with Crippen LogP contribution in [0.15, 0.2) is 62.9 Å². The SMILES string of the molecule is CC[C@H](C)n1c(SCc2nc3ccccc3o2)nc2ccccc2c1=O. The average molecular weight is 365 g/mol. The molecule has 2 heterocycles. The van der Waals surface area contributed by atoms with Crippen molar-refractivity contribution in [2.24, 2.45) is 0 Å². The molecule has 6 heteroatoms. The lowest BCUT2D eigenvalue weighted by Gasteiger charge is -2.17. The van der Waals surface area contributed by atoms with E-state index in [9.17, 15) is 4.79 Å². The van der Waals surface area contributed by atoms with Crippen LogP contribution < -0.4 is 5.56 Å². The predicted molar refractivity (Wildman–Crippen MR) is 105 cm³/mol. The molecule has 1 atom stereocenters. The summed E-state index contributed by atoms with van der Waals surface area (Å²) >= 11 is 1.48. The van der Waals surface area contributed by atoms with Gasteiger partial charge in [0.05, 0.1) is 16.7 Å². The first-order chi connectivity index (χ1) is 12.7. The summed E-state index contributed by atoms with van der Waals surface area (Å²) < 4.78 is 7.57. The predicted octanol–water partition coefficient (Wildman–Crippen LogP) is 4.80. The number of para-hydroxylation sites is 3. The third kappa shape index (κ3) is 3.01. The molecule has 0 bridgehead atoms. The van der Waals surface area contributed by atoms with Gasteiger partial charge in [-0.2, -0.15) is 0 Å². The second-order valence-corrected chi connectivity index (χ2v) is 7.15. The molecule has 0 aliphatic rings. The molecule has 2 aromatic heterocycles. The lowest BCUT2D eigenvalue weighted by Crippen LogP contribution is -2.26. The molecular formula is C20H19N3O2S. The highest BCUT2D eigenvalue weighted by molar-refractivity contribution is 7.98. The molecule has 0 saturated carbocycles. The van der Waals surface area contributed by atoms with Crippen LogP contribution in [0.25, 0.3) is 22.0 Å². The van der Waals surface area contributed by atoms with Gasteiger partial charge in [-0.05, 0) is 37.6 Å². The summed E-state index contributed by atoms with van der Waals surface area (Å²) in [5.41, 5.74) is 2.34. The Labute approximate surface area is 155 Å². The lowest BCUT2D eigenvalue weighted by atomic mass is 10.2. The number of rotatable bonds is 5. The summed E-state index contributed by atoms with van der Waals surface area (Å²) in [5.74, 6) is 1.16. The van der Waals surface area contributed by atoms with E-state index in [-0.39, 0.29) is 11.6 Å². The summed E-state index contributed by atoms with van der Waals surface area (Å²) in [6, 6.07) is 15.2. The van der Waals surface area contributed by atoms with Gasteiger partial charge in [-0.1, -0.05) is 43.0 Å². The van der Waals surface area contributed by atoms with Crippen LogP contribution in [0, 0.1) is 0 Å². The summed E-state index contributed by atoms with van der Waals surface area (Å²) in [5, 5.41) is 1.35. The average Bonchev–Trinajstić information content (AvgIpc) is 3.09. The van der Waals surface area contributed by atoms with Crippen molar-refractivity contribution in [3.63, 3.8) is 0 Å². The Kier molecular flexibility index (Phi) is 4.51. The van der Waals surface area contributed by atoms with Crippen molar-refractivity contribution in [1.29, 1.82) is 0 Å². The van der Waals surface area contributed by atoms with Crippen LogP contribution in [0.1, 0.15) is 32.2 Å². The van der Waals surface area contributed by atoms with Crippen LogP contribution in [-0.2, 0) is 5.75 Å². The van der Waals surface area contributed by atoms with Crippen LogP contribution in [-0.4, -0.2) is 14.5 Å². The first-order valence-electron chi connectivity index (χ1n) is 8.66. The molecule has 0 unspecified atom stereocenters. The number of hydrogen-bond acceptors (Lipinski definition) is 5. The maximum absolute atomic E-state index is 13.0. The van der Waals surface area contributed by atoms with Crippen molar-refractivity contribution in [2.75, 3.05) is 0 Å². The molecule has 4 aromatic rings. The zero-order valence-corrected chi connectivity index (χ0v) is 15.5. The Morgan fingerprint density at radius 1 is 1.08 bits per heavy atom. The zero-order chi connectivity index (χ0) is 18.1. The van der Waals surface area contributed by atoms with Gasteiger partial charge >= 0.3 is 0 Å². The molecule has 0 spiro atoms. The van der Waals surface area contributed by atoms with E-state index in [2.05, 4.69) is 11.9 Å². The largest absolute Gasteiger partial charge is 0.440 e. The van der Waals surface area contributed by atoms with Crippen molar-refractivity contribution >= 4 is 33.8 Å². The standard InChI is InChI=1S/C20H19N3O2S/c1-3-13(2)23-19(24)14-8-4-5-9-15(14)22-20(23)26-12-18-21-16-10-6-7-11-17(16)25-18/h4-11,13H,3,12H2,1-2H3/t13-/m0/s1. The molecule has 5 nitrogen and oxygen atoms in total. The van der Waals surface area contributed by atoms with Gasteiger partial charge in [-0.3, -0.25) is 9.36 Å². The van der Waals surface area contributed by atoms with E-state index in [1.807, 2.05) is 55.5 Å². The summed E-state index contributed by atoms with van der Waals surface area (Å²) in [4.78, 5) is 22.2. The van der Waals surface area contributed by atoms with Gasteiger partial charge in [-0.15, -0.1) is 0 Å². The van der Waals surface area contributed by atoms with Crippen molar-refractivity contribution in [3.05, 3.63) is 64.8 Å². The topological polar surface area (TPSA) is 60.9 Å². The number of aromatic nitrogens is 3. The van der Waals surface area contributed by atoms with Crippen LogP contribution in [0.5, 0.6) is 0 Å². The Morgan fingerprint density at radius 2 is 1.81 bits per heavy atom. The maximum Gasteiger partial charge on any atom is 0.262 e. The zero-order valence-electron chi connectivity index (χ0n) is 14.7. The Morgan fingerprint density at radius 3 is 2.58 bits per heavy atom. The van der Waals surface area contributed by atoms with Crippen LogP contribution >= 0.6 is 11.8 Å². The van der Waals surface area contributed by atoms with Gasteiger partial charge in [-0.25, -0.2) is 9.97 Å². The molecule has 0 fully saturated rings. The molecule has 0 saturated heterocycles. The number of nitrogens with zero attached hydrogens (tertiary/aromatic N) is 3. The van der Waals surface area contributed by atoms with Crippen LogP contribution in [0.4, 0.5) is 0 Å². The second-order valence-electron chi connectivity index (χ2n) is 6.21. The molecular weight excluding hydrogens is 346 g/mol. The minimum absolute atomic E-state index is 0.00464. The van der Waals surface area contributed by atoms with E-state index >= 15 is 0 Å². The highest BCUT2D eigenvalue weighted by Crippen LogP contribution is 2.26. The number of thioether (sulfide) groups is 1. The number of hydrogen-bond donors (Lipinski definition) is 0. The second kappa shape index (κ2) is 6.96. The third-order valence-electron chi connectivity index (χ3n) is 4.47. The van der Waals surface area contributed by atoms with E-state index in [1.54, 1.807) is 4.57 Å². The van der Waals surface area contributed by atoms with Gasteiger partial charge in [0.1, 0.15) is 5.52 Å². The molecule has 4 rings (SSSR count). The van der Waals surface area contributed by atoms with E-state index in [1.165, 1.54) is 11.8 Å². The van der Waals surface area contributed by atoms with E-state index < -0.39 is 0 Å². The van der Waals surface area contributed by atoms with Gasteiger partial charge in [0.15, 0.2) is 10.7 Å². The van der Waals surface area contributed by atoms with Crippen molar-refractivity contribution < 1.29 is 4.42 Å². The van der Waals surface area contributed by atoms with Crippen LogP contribution in [0.2, 0.25) is 0 Å². The van der Waals surface area contributed by atoms with E-state index in [0.29, 0.717) is 22.2 Å². The van der Waals surface area contributed by atoms with Gasteiger partial charge in [0.2, 0.25) is 5.89 Å². The first-order valence-corrected chi connectivity index (χ1v) is 9.64. The molecule has 132 valence electrons. The molecule has 0 aliphatic heterocycles. The first kappa shape index (κ1) is 16.8. The summed E-state index contributed by atoms with van der Waals surface area (Å²) in [6.45, 7) is 4.11. The fraction of sp³-hybridized carbons (Fsp3) is 0.250. The minimum Gasteiger partial charge on any atom is -0.440 e. The molecule has 0 radical (unpaired) electrons. The number of benzene rings is 2. The maximum atomic E-state index is 13.0. The Hall–Kier alpha value is -2.60. The molecule has 0 N–H and O–H groups in total. The monoisotopic (exact) mass is 365 g/mol. The Bertz CT molecular complexity index is 1100. The Balaban J connectivity index is 1.73. The smallest absolute Gasteiger partial charge is 0.262 e. The van der Waals surface area contributed by atoms with E-state index in [4.69, 9.17) is 9.40 Å². The van der Waals surface area contributed by atoms with Gasteiger partial charge < -0.3 is 4.42 Å². The molecule has 0 amide bonds. The van der Waals surface area contributed by atoms with Crippen molar-refractivity contribution in [3.8, 4) is 0 Å². The van der Waals surface area contributed by atoms with E-state index in [0.717, 1.165) is 23.0 Å². The number of oxazole rings is 1. The summed E-state index contributed by atoms with van der Waals surface area (Å²) in [7, 11) is 0. The minimum atomic E-state index is 0.00464. The van der Waals surface area contributed by atoms with Gasteiger partial charge in [0, 0.05) is 6.04 Å². The number of fused-ring (bicyclic) bond motifs is 2. The highest BCUT2D eigenvalue weighted by atomic mass is 32.2. The summed E-state index contributed by atoms with van der Waals surface area (Å²) in [6.07, 6.45) is 0.858.